The SMILES string of the molecule is Cc1ccc(-c2ncco2)cc1-c1ccc(NS(=O)(=O)c2ncc(F)cc2F)cc1. The predicted molar refractivity (Wildman–Crippen MR) is 107 cm³/mol. The second kappa shape index (κ2) is 7.68. The van der Waals surface area contributed by atoms with Crippen LogP contribution in [-0.4, -0.2) is 18.4 Å². The van der Waals surface area contributed by atoms with Crippen LogP contribution in [0.4, 0.5) is 14.5 Å². The fourth-order valence-corrected chi connectivity index (χ4v) is 4.00. The van der Waals surface area contributed by atoms with E-state index in [1.807, 2.05) is 25.1 Å². The van der Waals surface area contributed by atoms with Crippen molar-refractivity contribution in [3.63, 3.8) is 0 Å². The van der Waals surface area contributed by atoms with E-state index in [0.717, 1.165) is 22.3 Å². The number of aryl methyl sites for hydroxylation is 1. The average molecular weight is 427 g/mol. The van der Waals surface area contributed by atoms with Gasteiger partial charge in [-0.05, 0) is 47.9 Å². The van der Waals surface area contributed by atoms with Crippen LogP contribution in [0.1, 0.15) is 5.56 Å². The second-order valence-corrected chi connectivity index (χ2v) is 8.09. The van der Waals surface area contributed by atoms with Crippen molar-refractivity contribution in [2.75, 3.05) is 4.72 Å². The maximum absolute atomic E-state index is 13.8. The van der Waals surface area contributed by atoms with E-state index in [1.54, 1.807) is 30.5 Å². The molecule has 9 heteroatoms. The molecule has 2 heterocycles. The largest absolute Gasteiger partial charge is 0.445 e. The van der Waals surface area contributed by atoms with Crippen LogP contribution in [0.15, 0.2) is 76.6 Å². The predicted octanol–water partition coefficient (Wildman–Crippen LogP) is 4.79. The zero-order valence-electron chi connectivity index (χ0n) is 15.6. The van der Waals surface area contributed by atoms with Gasteiger partial charge in [-0.15, -0.1) is 0 Å². The molecule has 0 spiro atoms. The van der Waals surface area contributed by atoms with Gasteiger partial charge in [-0.2, -0.15) is 8.42 Å². The van der Waals surface area contributed by atoms with Crippen molar-refractivity contribution in [3.05, 3.63) is 84.4 Å². The fourth-order valence-electron chi connectivity index (χ4n) is 2.95. The lowest BCUT2D eigenvalue weighted by Gasteiger charge is -2.11. The molecule has 0 atom stereocenters. The first-order valence-corrected chi connectivity index (χ1v) is 10.3. The summed E-state index contributed by atoms with van der Waals surface area (Å²) in [7, 11) is -4.31. The number of hydrogen-bond donors (Lipinski definition) is 1. The first kappa shape index (κ1) is 19.7. The summed E-state index contributed by atoms with van der Waals surface area (Å²) in [5, 5.41) is -0.873. The van der Waals surface area contributed by atoms with Gasteiger partial charge in [0.05, 0.1) is 12.4 Å². The standard InChI is InChI=1S/C21H15F2N3O3S/c1-13-2-3-15(20-24-8-9-29-20)10-18(13)14-4-6-17(7-5-14)26-30(27,28)21-19(23)11-16(22)12-25-21/h2-12,26H,1H3. The minimum Gasteiger partial charge on any atom is -0.445 e. The Morgan fingerprint density at radius 2 is 1.70 bits per heavy atom. The molecule has 152 valence electrons. The molecule has 2 aromatic heterocycles. The average Bonchev–Trinajstić information content (AvgIpc) is 3.23. The van der Waals surface area contributed by atoms with Gasteiger partial charge in [0.1, 0.15) is 12.1 Å². The molecule has 0 fully saturated rings. The summed E-state index contributed by atoms with van der Waals surface area (Å²) in [5.41, 5.74) is 3.80. The van der Waals surface area contributed by atoms with E-state index in [1.165, 1.54) is 6.26 Å². The maximum Gasteiger partial charge on any atom is 0.282 e. The molecular weight excluding hydrogens is 412 g/mol. The minimum atomic E-state index is -4.31. The van der Waals surface area contributed by atoms with Crippen LogP contribution < -0.4 is 4.72 Å². The molecule has 6 nitrogen and oxygen atoms in total. The molecule has 1 N–H and O–H groups in total. The Morgan fingerprint density at radius 1 is 0.967 bits per heavy atom. The topological polar surface area (TPSA) is 85.1 Å². The molecule has 2 aromatic carbocycles. The van der Waals surface area contributed by atoms with Crippen molar-refractivity contribution in [2.45, 2.75) is 11.9 Å². The van der Waals surface area contributed by atoms with Crippen LogP contribution in [0.2, 0.25) is 0 Å². The summed E-state index contributed by atoms with van der Waals surface area (Å²) in [5.74, 6) is -1.73. The number of nitrogens with one attached hydrogen (secondary N) is 1. The van der Waals surface area contributed by atoms with Gasteiger partial charge in [-0.25, -0.2) is 18.7 Å². The lowest BCUT2D eigenvalue weighted by atomic mass is 9.98. The first-order chi connectivity index (χ1) is 14.3. The molecule has 0 bridgehead atoms. The number of pyridine rings is 1. The molecular formula is C21H15F2N3O3S. The summed E-state index contributed by atoms with van der Waals surface area (Å²) in [6.07, 6.45) is 3.70. The molecule has 30 heavy (non-hydrogen) atoms. The van der Waals surface area contributed by atoms with Gasteiger partial charge in [0.15, 0.2) is 5.82 Å². The molecule has 0 radical (unpaired) electrons. The van der Waals surface area contributed by atoms with Gasteiger partial charge in [0, 0.05) is 17.3 Å². The molecule has 0 saturated heterocycles. The number of hydrogen-bond acceptors (Lipinski definition) is 5. The van der Waals surface area contributed by atoms with Crippen molar-refractivity contribution in [1.29, 1.82) is 0 Å². The molecule has 0 amide bonds. The van der Waals surface area contributed by atoms with E-state index >= 15 is 0 Å². The molecule has 4 rings (SSSR count). The van der Waals surface area contributed by atoms with E-state index in [0.29, 0.717) is 18.2 Å². The van der Waals surface area contributed by atoms with Gasteiger partial charge < -0.3 is 4.42 Å². The van der Waals surface area contributed by atoms with E-state index < -0.39 is 26.7 Å². The Bertz CT molecular complexity index is 1310. The minimum absolute atomic E-state index is 0.214. The highest BCUT2D eigenvalue weighted by Crippen LogP contribution is 2.30. The van der Waals surface area contributed by atoms with Gasteiger partial charge in [0.25, 0.3) is 10.0 Å². The van der Waals surface area contributed by atoms with Crippen LogP contribution >= 0.6 is 0 Å². The Hall–Kier alpha value is -3.59. The van der Waals surface area contributed by atoms with Gasteiger partial charge in [-0.1, -0.05) is 18.2 Å². The molecule has 0 aliphatic heterocycles. The fraction of sp³-hybridized carbons (Fsp3) is 0.0476. The molecule has 0 unspecified atom stereocenters. The van der Waals surface area contributed by atoms with Crippen LogP contribution in [0, 0.1) is 18.6 Å². The zero-order chi connectivity index (χ0) is 21.3. The van der Waals surface area contributed by atoms with Crippen LogP contribution in [-0.2, 0) is 10.0 Å². The molecule has 0 saturated carbocycles. The summed E-state index contributed by atoms with van der Waals surface area (Å²) >= 11 is 0. The van der Waals surface area contributed by atoms with Crippen molar-refractivity contribution in [2.24, 2.45) is 0 Å². The summed E-state index contributed by atoms with van der Waals surface area (Å²) in [6, 6.07) is 12.8. The Kier molecular flexibility index (Phi) is 5.04. The van der Waals surface area contributed by atoms with Crippen molar-refractivity contribution in [1.82, 2.24) is 9.97 Å². The smallest absolute Gasteiger partial charge is 0.282 e. The lowest BCUT2D eigenvalue weighted by molar-refractivity contribution is 0.532. The highest BCUT2D eigenvalue weighted by atomic mass is 32.2. The maximum atomic E-state index is 13.8. The van der Waals surface area contributed by atoms with E-state index in [9.17, 15) is 17.2 Å². The zero-order valence-corrected chi connectivity index (χ0v) is 16.5. The molecule has 4 aromatic rings. The van der Waals surface area contributed by atoms with Crippen LogP contribution in [0.3, 0.4) is 0 Å². The first-order valence-electron chi connectivity index (χ1n) is 8.78. The summed E-state index contributed by atoms with van der Waals surface area (Å²) in [6.45, 7) is 1.95. The molecule has 0 aliphatic rings. The second-order valence-electron chi connectivity index (χ2n) is 6.49. The normalized spacial score (nSPS) is 11.4. The van der Waals surface area contributed by atoms with Crippen molar-refractivity contribution in [3.8, 4) is 22.6 Å². The summed E-state index contributed by atoms with van der Waals surface area (Å²) in [4.78, 5) is 7.48. The quantitative estimate of drug-likeness (QED) is 0.495. The molecule has 0 aliphatic carbocycles. The number of oxazole rings is 1. The van der Waals surface area contributed by atoms with Gasteiger partial charge in [0.2, 0.25) is 10.9 Å². The van der Waals surface area contributed by atoms with Crippen LogP contribution in [0.5, 0.6) is 0 Å². The van der Waals surface area contributed by atoms with Gasteiger partial charge >= 0.3 is 0 Å². The third-order valence-corrected chi connectivity index (χ3v) is 5.71. The van der Waals surface area contributed by atoms with E-state index in [-0.39, 0.29) is 5.69 Å². The number of aromatic nitrogens is 2. The number of halogens is 2. The van der Waals surface area contributed by atoms with Crippen LogP contribution in [0.25, 0.3) is 22.6 Å². The Balaban J connectivity index is 1.61. The van der Waals surface area contributed by atoms with Crippen molar-refractivity contribution < 1.29 is 21.6 Å². The third-order valence-electron chi connectivity index (χ3n) is 4.39. The van der Waals surface area contributed by atoms with Crippen molar-refractivity contribution >= 4 is 15.7 Å². The Labute approximate surface area is 171 Å². The Morgan fingerprint density at radius 3 is 2.37 bits per heavy atom. The third kappa shape index (κ3) is 3.92. The monoisotopic (exact) mass is 427 g/mol. The lowest BCUT2D eigenvalue weighted by Crippen LogP contribution is -2.16. The van der Waals surface area contributed by atoms with E-state index in [4.69, 9.17) is 4.42 Å². The number of nitrogens with zero attached hydrogens (tertiary/aromatic N) is 2. The van der Waals surface area contributed by atoms with Gasteiger partial charge in [-0.3, -0.25) is 4.72 Å². The number of benzene rings is 2. The number of anilines is 1. The number of rotatable bonds is 5. The highest BCUT2D eigenvalue weighted by Gasteiger charge is 2.21. The number of sulfonamides is 1. The summed E-state index contributed by atoms with van der Waals surface area (Å²) < 4.78 is 59.1. The van der Waals surface area contributed by atoms with E-state index in [2.05, 4.69) is 14.7 Å². The highest BCUT2D eigenvalue weighted by molar-refractivity contribution is 7.92.